The number of ether oxygens (including phenoxy) is 1. The molecule has 1 saturated heterocycles. The van der Waals surface area contributed by atoms with Crippen molar-refractivity contribution in [1.29, 1.82) is 0 Å². The smallest absolute Gasteiger partial charge is 0.246 e. The molecule has 2 aromatic rings. The molecule has 3 N–H and O–H groups in total. The van der Waals surface area contributed by atoms with Crippen LogP contribution in [0.2, 0.25) is 0 Å². The van der Waals surface area contributed by atoms with E-state index in [4.69, 9.17) is 4.74 Å². The Hall–Kier alpha value is -2.54. The third-order valence-corrected chi connectivity index (χ3v) is 6.12. The SMILES string of the molecule is COc1ccc2c3c([nH]c2c1)C(CC(C)C)N1C(=O)C(CC(C)(C)O)NC(=O)C1C3. The Morgan fingerprint density at radius 2 is 2.03 bits per heavy atom. The fourth-order valence-electron chi connectivity index (χ4n) is 4.89. The van der Waals surface area contributed by atoms with Crippen molar-refractivity contribution in [3.8, 4) is 5.75 Å². The number of carbonyl (C=O) groups is 2. The highest BCUT2D eigenvalue weighted by molar-refractivity contribution is 5.99. The van der Waals surface area contributed by atoms with Gasteiger partial charge in [-0.25, -0.2) is 0 Å². The zero-order valence-electron chi connectivity index (χ0n) is 18.3. The number of carbonyl (C=O) groups excluding carboxylic acids is 2. The first-order valence-electron chi connectivity index (χ1n) is 10.6. The zero-order chi connectivity index (χ0) is 21.8. The van der Waals surface area contributed by atoms with Crippen LogP contribution < -0.4 is 10.1 Å². The first kappa shape index (κ1) is 20.7. The van der Waals surface area contributed by atoms with Crippen molar-refractivity contribution >= 4 is 22.7 Å². The topological polar surface area (TPSA) is 94.7 Å². The number of piperazine rings is 1. The van der Waals surface area contributed by atoms with Gasteiger partial charge in [0.15, 0.2) is 0 Å². The lowest BCUT2D eigenvalue weighted by molar-refractivity contribution is -0.155. The second-order valence-corrected chi connectivity index (χ2v) is 9.62. The average Bonchev–Trinajstić information content (AvgIpc) is 3.02. The third kappa shape index (κ3) is 3.55. The van der Waals surface area contributed by atoms with Gasteiger partial charge >= 0.3 is 0 Å². The van der Waals surface area contributed by atoms with Gasteiger partial charge in [-0.15, -0.1) is 0 Å². The summed E-state index contributed by atoms with van der Waals surface area (Å²) < 4.78 is 5.36. The van der Waals surface area contributed by atoms with Crippen molar-refractivity contribution in [2.45, 2.75) is 70.7 Å². The maximum absolute atomic E-state index is 13.5. The average molecular weight is 414 g/mol. The highest BCUT2D eigenvalue weighted by atomic mass is 16.5. The molecule has 0 radical (unpaired) electrons. The van der Waals surface area contributed by atoms with Gasteiger partial charge in [-0.2, -0.15) is 0 Å². The molecule has 2 amide bonds. The van der Waals surface area contributed by atoms with E-state index in [2.05, 4.69) is 24.1 Å². The minimum absolute atomic E-state index is 0.116. The van der Waals surface area contributed by atoms with Crippen LogP contribution in [-0.2, 0) is 16.0 Å². The summed E-state index contributed by atoms with van der Waals surface area (Å²) in [4.78, 5) is 31.8. The summed E-state index contributed by atoms with van der Waals surface area (Å²) in [5, 5.41) is 14.2. The molecule has 1 fully saturated rings. The standard InChI is InChI=1S/C23H31N3O4/c1-12(2)8-18-20-15(14-7-6-13(30-5)9-16(14)24-20)10-19-21(27)25-17(11-23(3,4)29)22(28)26(18)19/h6-7,9,12,17-19,24,29H,8,10-11H2,1-5H3,(H,25,27). The molecule has 0 saturated carbocycles. The number of rotatable bonds is 5. The molecule has 0 spiro atoms. The monoisotopic (exact) mass is 413 g/mol. The number of nitrogens with one attached hydrogen (secondary N) is 2. The lowest BCUT2D eigenvalue weighted by Crippen LogP contribution is -2.66. The van der Waals surface area contributed by atoms with Gasteiger partial charge in [0.1, 0.15) is 17.8 Å². The van der Waals surface area contributed by atoms with Crippen molar-refractivity contribution in [2.75, 3.05) is 7.11 Å². The Kier molecular flexibility index (Phi) is 5.04. The number of aliphatic hydroxyl groups is 1. The molecule has 2 aliphatic heterocycles. The Labute approximate surface area is 176 Å². The number of benzene rings is 1. The van der Waals surface area contributed by atoms with E-state index in [1.165, 1.54) is 0 Å². The van der Waals surface area contributed by atoms with Crippen LogP contribution in [-0.4, -0.2) is 51.6 Å². The fraction of sp³-hybridized carbons (Fsp3) is 0.565. The molecular weight excluding hydrogens is 382 g/mol. The van der Waals surface area contributed by atoms with E-state index in [0.717, 1.165) is 34.3 Å². The summed E-state index contributed by atoms with van der Waals surface area (Å²) in [5.41, 5.74) is 2.01. The molecule has 1 aromatic heterocycles. The van der Waals surface area contributed by atoms with Gasteiger partial charge < -0.3 is 25.0 Å². The van der Waals surface area contributed by atoms with Gasteiger partial charge in [0.05, 0.1) is 18.8 Å². The van der Waals surface area contributed by atoms with Gasteiger partial charge in [0.25, 0.3) is 0 Å². The highest BCUT2D eigenvalue weighted by Gasteiger charge is 2.49. The molecule has 3 atom stereocenters. The van der Waals surface area contributed by atoms with E-state index in [-0.39, 0.29) is 24.3 Å². The van der Waals surface area contributed by atoms with Crippen molar-refractivity contribution < 1.29 is 19.4 Å². The Balaban J connectivity index is 1.81. The van der Waals surface area contributed by atoms with Gasteiger partial charge in [0.2, 0.25) is 11.8 Å². The fourth-order valence-corrected chi connectivity index (χ4v) is 4.89. The molecule has 0 bridgehead atoms. The summed E-state index contributed by atoms with van der Waals surface area (Å²) in [6.45, 7) is 7.56. The van der Waals surface area contributed by atoms with Gasteiger partial charge in [-0.3, -0.25) is 9.59 Å². The Morgan fingerprint density at radius 1 is 1.30 bits per heavy atom. The summed E-state index contributed by atoms with van der Waals surface area (Å²) >= 11 is 0. The maximum atomic E-state index is 13.5. The number of amides is 2. The lowest BCUT2D eigenvalue weighted by Gasteiger charge is -2.47. The number of H-pyrrole nitrogens is 1. The molecule has 3 unspecified atom stereocenters. The molecule has 162 valence electrons. The second kappa shape index (κ2) is 7.30. The number of aromatic amines is 1. The number of methoxy groups -OCH3 is 1. The van der Waals surface area contributed by atoms with Gasteiger partial charge in [-0.1, -0.05) is 13.8 Å². The van der Waals surface area contributed by atoms with Crippen LogP contribution in [0.25, 0.3) is 10.9 Å². The summed E-state index contributed by atoms with van der Waals surface area (Å²) in [7, 11) is 1.64. The van der Waals surface area contributed by atoms with Crippen LogP contribution in [0.15, 0.2) is 18.2 Å². The predicted molar refractivity (Wildman–Crippen MR) is 114 cm³/mol. The Bertz CT molecular complexity index is 988. The van der Waals surface area contributed by atoms with Crippen molar-refractivity contribution in [1.82, 2.24) is 15.2 Å². The van der Waals surface area contributed by atoms with Crippen LogP contribution in [0.5, 0.6) is 5.75 Å². The molecule has 7 nitrogen and oxygen atoms in total. The number of nitrogens with zero attached hydrogens (tertiary/aromatic N) is 1. The van der Waals surface area contributed by atoms with E-state index in [0.29, 0.717) is 12.3 Å². The van der Waals surface area contributed by atoms with Crippen LogP contribution in [0, 0.1) is 5.92 Å². The molecule has 4 rings (SSSR count). The lowest BCUT2D eigenvalue weighted by atomic mass is 9.84. The van der Waals surface area contributed by atoms with E-state index in [9.17, 15) is 14.7 Å². The maximum Gasteiger partial charge on any atom is 0.246 e. The number of hydrogen-bond acceptors (Lipinski definition) is 4. The predicted octanol–water partition coefficient (Wildman–Crippen LogP) is 2.68. The van der Waals surface area contributed by atoms with E-state index < -0.39 is 17.7 Å². The first-order chi connectivity index (χ1) is 14.1. The minimum atomic E-state index is -1.05. The van der Waals surface area contributed by atoms with Crippen molar-refractivity contribution in [2.24, 2.45) is 5.92 Å². The van der Waals surface area contributed by atoms with Gasteiger partial charge in [0, 0.05) is 35.5 Å². The normalized spacial score (nSPS) is 24.1. The molecule has 7 heteroatoms. The number of hydrogen-bond donors (Lipinski definition) is 3. The van der Waals surface area contributed by atoms with Crippen LogP contribution in [0.3, 0.4) is 0 Å². The Morgan fingerprint density at radius 3 is 2.67 bits per heavy atom. The van der Waals surface area contributed by atoms with E-state index in [1.807, 2.05) is 18.2 Å². The number of aromatic nitrogens is 1. The third-order valence-electron chi connectivity index (χ3n) is 6.12. The first-order valence-corrected chi connectivity index (χ1v) is 10.6. The summed E-state index contributed by atoms with van der Waals surface area (Å²) in [6.07, 6.45) is 1.41. The van der Waals surface area contributed by atoms with Crippen molar-refractivity contribution in [3.05, 3.63) is 29.5 Å². The highest BCUT2D eigenvalue weighted by Crippen LogP contribution is 2.42. The van der Waals surface area contributed by atoms with Gasteiger partial charge in [-0.05, 0) is 43.9 Å². The second-order valence-electron chi connectivity index (χ2n) is 9.62. The zero-order valence-corrected chi connectivity index (χ0v) is 18.3. The van der Waals surface area contributed by atoms with Crippen molar-refractivity contribution in [3.63, 3.8) is 0 Å². The molecular formula is C23H31N3O4. The largest absolute Gasteiger partial charge is 0.497 e. The molecule has 3 heterocycles. The quantitative estimate of drug-likeness (QED) is 0.702. The van der Waals surface area contributed by atoms with E-state index >= 15 is 0 Å². The molecule has 0 aliphatic carbocycles. The molecule has 1 aromatic carbocycles. The molecule has 30 heavy (non-hydrogen) atoms. The van der Waals surface area contributed by atoms with Crippen LogP contribution in [0.1, 0.15) is 57.8 Å². The summed E-state index contributed by atoms with van der Waals surface area (Å²) in [6, 6.07) is 4.44. The summed E-state index contributed by atoms with van der Waals surface area (Å²) in [5.74, 6) is 0.840. The van der Waals surface area contributed by atoms with E-state index in [1.54, 1.807) is 25.9 Å². The van der Waals surface area contributed by atoms with Crippen LogP contribution >= 0.6 is 0 Å². The minimum Gasteiger partial charge on any atom is -0.497 e. The molecule has 2 aliphatic rings. The number of fused-ring (bicyclic) bond motifs is 4. The van der Waals surface area contributed by atoms with Crippen LogP contribution in [0.4, 0.5) is 0 Å².